The van der Waals surface area contributed by atoms with E-state index in [1.54, 1.807) is 63.9 Å². The molecular weight excluding hydrogens is 394 g/mol. The molecular formula is C16H11N3O2S4. The van der Waals surface area contributed by atoms with E-state index < -0.39 is 0 Å². The Morgan fingerprint density at radius 3 is 2.48 bits per heavy atom. The quantitative estimate of drug-likeness (QED) is 0.720. The number of benzene rings is 1. The van der Waals surface area contributed by atoms with Crippen LogP contribution in [0, 0.1) is 0 Å². The zero-order valence-corrected chi connectivity index (χ0v) is 16.0. The van der Waals surface area contributed by atoms with E-state index in [1.165, 1.54) is 17.7 Å². The zero-order valence-electron chi connectivity index (χ0n) is 12.7. The standard InChI is InChI=1S/C16H11N3O2S4/c20-15-17-7-6-11-12(25-14(24-11)13-22-8-9-23-13)19(17)16(21)18(15)10-4-2-1-3-5-10/h1-6,8-9,12H,7H2/t12-/m1/s1. The average molecular weight is 406 g/mol. The molecule has 126 valence electrons. The Hall–Kier alpha value is -1.42. The summed E-state index contributed by atoms with van der Waals surface area (Å²) in [6.45, 7) is 0.425. The SMILES string of the molecule is O=c1n(-c2ccccc2)c(=O)n2n1CC=C1SC(=C3SC=CS3)S[C@H]12. The second-order valence-electron chi connectivity index (χ2n) is 5.42. The first-order valence-electron chi connectivity index (χ1n) is 7.51. The highest BCUT2D eigenvalue weighted by Crippen LogP contribution is 2.60. The molecule has 5 rings (SSSR count). The lowest BCUT2D eigenvalue weighted by molar-refractivity contribution is 0.472. The van der Waals surface area contributed by atoms with Crippen LogP contribution < -0.4 is 11.4 Å². The molecule has 25 heavy (non-hydrogen) atoms. The van der Waals surface area contributed by atoms with Gasteiger partial charge in [0.2, 0.25) is 0 Å². The molecule has 1 aromatic carbocycles. The van der Waals surface area contributed by atoms with Gasteiger partial charge < -0.3 is 0 Å². The van der Waals surface area contributed by atoms with Gasteiger partial charge in [0.15, 0.2) is 0 Å². The summed E-state index contributed by atoms with van der Waals surface area (Å²) in [5.74, 6) is 0. The summed E-state index contributed by atoms with van der Waals surface area (Å²) in [6, 6.07) is 9.10. The summed E-state index contributed by atoms with van der Waals surface area (Å²) in [6.07, 6.45) is 2.06. The highest BCUT2D eigenvalue weighted by molar-refractivity contribution is 8.33. The Balaban J connectivity index is 1.63. The van der Waals surface area contributed by atoms with Crippen LogP contribution in [0.4, 0.5) is 0 Å². The lowest BCUT2D eigenvalue weighted by Crippen LogP contribution is -2.31. The van der Waals surface area contributed by atoms with Crippen molar-refractivity contribution in [3.8, 4) is 5.69 Å². The zero-order chi connectivity index (χ0) is 17.0. The molecule has 1 atom stereocenters. The molecule has 5 nitrogen and oxygen atoms in total. The fourth-order valence-corrected chi connectivity index (χ4v) is 7.98. The molecule has 0 N–H and O–H groups in total. The molecule has 2 aromatic rings. The summed E-state index contributed by atoms with van der Waals surface area (Å²) >= 11 is 6.78. The fourth-order valence-electron chi connectivity index (χ4n) is 2.91. The van der Waals surface area contributed by atoms with Crippen LogP contribution in [0.3, 0.4) is 0 Å². The lowest BCUT2D eigenvalue weighted by atomic mass is 10.3. The summed E-state index contributed by atoms with van der Waals surface area (Å²) in [5.41, 5.74) is 0.0364. The van der Waals surface area contributed by atoms with Gasteiger partial charge in [-0.15, -0.1) is 0 Å². The summed E-state index contributed by atoms with van der Waals surface area (Å²) in [4.78, 5) is 26.9. The van der Waals surface area contributed by atoms with Crippen molar-refractivity contribution in [2.45, 2.75) is 11.9 Å². The fraction of sp³-hybridized carbons (Fsp3) is 0.125. The molecule has 3 aliphatic heterocycles. The Bertz CT molecular complexity index is 1070. The Morgan fingerprint density at radius 2 is 1.72 bits per heavy atom. The molecule has 1 saturated heterocycles. The molecule has 1 fully saturated rings. The molecule has 0 radical (unpaired) electrons. The highest BCUT2D eigenvalue weighted by Gasteiger charge is 2.37. The Labute approximate surface area is 159 Å². The van der Waals surface area contributed by atoms with Crippen molar-refractivity contribution in [1.82, 2.24) is 13.9 Å². The molecule has 1 aromatic heterocycles. The summed E-state index contributed by atoms with van der Waals surface area (Å²) in [7, 11) is 0. The second-order valence-corrected chi connectivity index (χ2v) is 9.95. The predicted molar refractivity (Wildman–Crippen MR) is 108 cm³/mol. The molecule has 0 bridgehead atoms. The average Bonchev–Trinajstić information content (AvgIpc) is 3.34. The molecule has 0 aliphatic carbocycles. The van der Waals surface area contributed by atoms with Crippen LogP contribution in [-0.2, 0) is 6.54 Å². The van der Waals surface area contributed by atoms with Gasteiger partial charge in [0.05, 0.1) is 20.7 Å². The topological polar surface area (TPSA) is 48.9 Å². The third-order valence-corrected chi connectivity index (χ3v) is 9.45. The number of fused-ring (bicyclic) bond motifs is 3. The van der Waals surface area contributed by atoms with Crippen LogP contribution in [0.2, 0.25) is 0 Å². The van der Waals surface area contributed by atoms with Gasteiger partial charge >= 0.3 is 11.4 Å². The van der Waals surface area contributed by atoms with Crippen LogP contribution >= 0.6 is 47.0 Å². The van der Waals surface area contributed by atoms with Crippen molar-refractivity contribution in [1.29, 1.82) is 0 Å². The van der Waals surface area contributed by atoms with E-state index in [4.69, 9.17) is 0 Å². The summed E-state index contributed by atoms with van der Waals surface area (Å²) in [5, 5.41) is 3.98. The number of para-hydroxylation sites is 1. The van der Waals surface area contributed by atoms with Crippen LogP contribution in [0.15, 0.2) is 70.2 Å². The van der Waals surface area contributed by atoms with Crippen molar-refractivity contribution < 1.29 is 0 Å². The van der Waals surface area contributed by atoms with E-state index in [-0.39, 0.29) is 16.8 Å². The maximum Gasteiger partial charge on any atom is 0.353 e. The molecule has 0 spiro atoms. The van der Waals surface area contributed by atoms with E-state index in [1.807, 2.05) is 18.2 Å². The van der Waals surface area contributed by atoms with Crippen molar-refractivity contribution in [2.75, 3.05) is 0 Å². The molecule has 0 unspecified atom stereocenters. The number of aromatic nitrogens is 3. The smallest absolute Gasteiger partial charge is 0.245 e. The van der Waals surface area contributed by atoms with E-state index >= 15 is 0 Å². The van der Waals surface area contributed by atoms with Gasteiger partial charge in [-0.3, -0.25) is 0 Å². The lowest BCUT2D eigenvalue weighted by Gasteiger charge is -2.19. The van der Waals surface area contributed by atoms with Crippen LogP contribution in [-0.4, -0.2) is 13.9 Å². The van der Waals surface area contributed by atoms with Gasteiger partial charge in [-0.2, -0.15) is 0 Å². The first kappa shape index (κ1) is 15.8. The number of thioether (sulfide) groups is 4. The minimum atomic E-state index is -0.288. The van der Waals surface area contributed by atoms with Gasteiger partial charge in [0.1, 0.15) is 5.37 Å². The first-order valence-corrected chi connectivity index (χ1v) is 11.0. The Kier molecular flexibility index (Phi) is 3.85. The van der Waals surface area contributed by atoms with Crippen molar-refractivity contribution >= 4 is 47.0 Å². The van der Waals surface area contributed by atoms with Crippen LogP contribution in [0.1, 0.15) is 5.37 Å². The first-order chi connectivity index (χ1) is 12.2. The van der Waals surface area contributed by atoms with Crippen molar-refractivity contribution in [3.05, 3.63) is 81.6 Å². The van der Waals surface area contributed by atoms with E-state index in [0.29, 0.717) is 12.2 Å². The van der Waals surface area contributed by atoms with E-state index in [2.05, 4.69) is 16.9 Å². The predicted octanol–water partition coefficient (Wildman–Crippen LogP) is 3.75. The largest absolute Gasteiger partial charge is 0.353 e. The number of rotatable bonds is 1. The highest BCUT2D eigenvalue weighted by atomic mass is 32.2. The molecule has 4 heterocycles. The third-order valence-electron chi connectivity index (χ3n) is 4.01. The maximum absolute atomic E-state index is 13.0. The van der Waals surface area contributed by atoms with Crippen LogP contribution in [0.5, 0.6) is 0 Å². The summed E-state index contributed by atoms with van der Waals surface area (Å²) < 4.78 is 6.85. The molecule has 9 heteroatoms. The molecule has 0 saturated carbocycles. The third kappa shape index (κ3) is 2.44. The van der Waals surface area contributed by atoms with Crippen molar-refractivity contribution in [3.63, 3.8) is 0 Å². The minimum Gasteiger partial charge on any atom is -0.245 e. The van der Waals surface area contributed by atoms with Gasteiger partial charge in [-0.05, 0) is 22.9 Å². The normalized spacial score (nSPS) is 21.4. The van der Waals surface area contributed by atoms with E-state index in [0.717, 1.165) is 4.91 Å². The maximum atomic E-state index is 13.0. The Morgan fingerprint density at radius 1 is 0.960 bits per heavy atom. The number of allylic oxidation sites excluding steroid dienone is 1. The van der Waals surface area contributed by atoms with Gasteiger partial charge in [0, 0.05) is 4.91 Å². The molecule has 3 aliphatic rings. The monoisotopic (exact) mass is 405 g/mol. The second kappa shape index (κ2) is 6.08. The number of hydrogen-bond donors (Lipinski definition) is 0. The van der Waals surface area contributed by atoms with E-state index in [9.17, 15) is 9.59 Å². The molecule has 0 amide bonds. The van der Waals surface area contributed by atoms with Gasteiger partial charge in [-0.25, -0.2) is 23.5 Å². The number of hydrogen-bond acceptors (Lipinski definition) is 6. The van der Waals surface area contributed by atoms with Crippen LogP contribution in [0.25, 0.3) is 5.69 Å². The minimum absolute atomic E-state index is 0.159. The van der Waals surface area contributed by atoms with Gasteiger partial charge in [0.25, 0.3) is 0 Å². The van der Waals surface area contributed by atoms with Crippen molar-refractivity contribution in [2.24, 2.45) is 0 Å². The number of nitrogens with zero attached hydrogens (tertiary/aromatic N) is 3. The van der Waals surface area contributed by atoms with Gasteiger partial charge in [-0.1, -0.05) is 71.3 Å².